The Morgan fingerprint density at radius 2 is 1.58 bits per heavy atom. The van der Waals surface area contributed by atoms with Crippen LogP contribution in [0.4, 0.5) is 0 Å². The van der Waals surface area contributed by atoms with Gasteiger partial charge in [-0.25, -0.2) is 0 Å². The highest BCUT2D eigenvalue weighted by Crippen LogP contribution is 2.38. The third-order valence-corrected chi connectivity index (χ3v) is 6.36. The summed E-state index contributed by atoms with van der Waals surface area (Å²) in [6.45, 7) is 7.43. The maximum absolute atomic E-state index is 12.4. The number of piperidine rings is 1. The average Bonchev–Trinajstić information content (AvgIpc) is 2.81. The number of carbonyl (C=O) groups excluding carboxylic acids is 2. The molecule has 26 heavy (non-hydrogen) atoms. The first-order valence-electron chi connectivity index (χ1n) is 10.7. The Bertz CT molecular complexity index is 494. The van der Waals surface area contributed by atoms with E-state index in [9.17, 15) is 9.59 Å². The van der Waals surface area contributed by atoms with Gasteiger partial charge in [-0.15, -0.1) is 0 Å². The fraction of sp³-hybridized carbons (Fsp3) is 0.905. The van der Waals surface area contributed by atoms with Gasteiger partial charge in [0.2, 0.25) is 11.8 Å². The van der Waals surface area contributed by atoms with E-state index in [1.807, 2.05) is 20.8 Å². The van der Waals surface area contributed by atoms with Gasteiger partial charge in [-0.1, -0.05) is 19.3 Å². The highest BCUT2D eigenvalue weighted by atomic mass is 16.2. The van der Waals surface area contributed by atoms with E-state index in [-0.39, 0.29) is 23.3 Å². The quantitative estimate of drug-likeness (QED) is 0.789. The summed E-state index contributed by atoms with van der Waals surface area (Å²) in [5.41, 5.74) is -0.169. The third-order valence-electron chi connectivity index (χ3n) is 6.36. The zero-order valence-electron chi connectivity index (χ0n) is 16.9. The lowest BCUT2D eigenvalue weighted by molar-refractivity contribution is -0.126. The van der Waals surface area contributed by atoms with Gasteiger partial charge in [-0.3, -0.25) is 14.5 Å². The predicted molar refractivity (Wildman–Crippen MR) is 104 cm³/mol. The average molecular weight is 364 g/mol. The first kappa shape index (κ1) is 19.7. The monoisotopic (exact) mass is 363 g/mol. The molecule has 2 saturated heterocycles. The van der Waals surface area contributed by atoms with E-state index in [2.05, 4.69) is 15.5 Å². The van der Waals surface area contributed by atoms with Crippen molar-refractivity contribution in [2.75, 3.05) is 13.1 Å². The van der Waals surface area contributed by atoms with Crippen molar-refractivity contribution in [3.63, 3.8) is 0 Å². The van der Waals surface area contributed by atoms with Gasteiger partial charge >= 0.3 is 0 Å². The molecule has 1 aliphatic carbocycles. The van der Waals surface area contributed by atoms with Gasteiger partial charge in [-0.05, 0) is 65.2 Å². The molecule has 3 rings (SSSR count). The summed E-state index contributed by atoms with van der Waals surface area (Å²) in [5.74, 6) is 1.24. The van der Waals surface area contributed by atoms with Crippen LogP contribution < -0.4 is 10.6 Å². The lowest BCUT2D eigenvalue weighted by Crippen LogP contribution is -2.52. The molecule has 2 aliphatic heterocycles. The van der Waals surface area contributed by atoms with Crippen LogP contribution in [-0.4, -0.2) is 47.4 Å². The van der Waals surface area contributed by atoms with Crippen molar-refractivity contribution in [3.05, 3.63) is 0 Å². The molecule has 148 valence electrons. The largest absolute Gasteiger partial charge is 0.356 e. The molecule has 0 aromatic rings. The van der Waals surface area contributed by atoms with Gasteiger partial charge < -0.3 is 10.6 Å². The van der Waals surface area contributed by atoms with Gasteiger partial charge in [0.25, 0.3) is 0 Å². The van der Waals surface area contributed by atoms with Crippen molar-refractivity contribution in [1.29, 1.82) is 0 Å². The Balaban J connectivity index is 1.44. The van der Waals surface area contributed by atoms with Crippen LogP contribution in [0.25, 0.3) is 0 Å². The number of rotatable bonds is 5. The fourth-order valence-corrected chi connectivity index (χ4v) is 5.19. The van der Waals surface area contributed by atoms with Crippen molar-refractivity contribution in [2.45, 2.75) is 96.2 Å². The molecule has 0 aromatic heterocycles. The molecule has 2 heterocycles. The van der Waals surface area contributed by atoms with Gasteiger partial charge in [-0.2, -0.15) is 0 Å². The zero-order valence-corrected chi connectivity index (χ0v) is 16.9. The van der Waals surface area contributed by atoms with Crippen LogP contribution in [0.15, 0.2) is 0 Å². The van der Waals surface area contributed by atoms with Crippen molar-refractivity contribution in [1.82, 2.24) is 15.5 Å². The number of amides is 2. The van der Waals surface area contributed by atoms with Crippen molar-refractivity contribution in [3.8, 4) is 0 Å². The topological polar surface area (TPSA) is 61.4 Å². The van der Waals surface area contributed by atoms with Gasteiger partial charge in [0.1, 0.15) is 0 Å². The van der Waals surface area contributed by atoms with Crippen LogP contribution in [0.1, 0.15) is 78.6 Å². The minimum atomic E-state index is -0.169. The highest BCUT2D eigenvalue weighted by molar-refractivity contribution is 5.79. The van der Waals surface area contributed by atoms with E-state index in [4.69, 9.17) is 0 Å². The first-order valence-corrected chi connectivity index (χ1v) is 10.7. The molecule has 5 nitrogen and oxygen atoms in total. The molecule has 0 spiro atoms. The Labute approximate surface area is 158 Å². The molecule has 2 bridgehead atoms. The summed E-state index contributed by atoms with van der Waals surface area (Å²) in [5, 5.41) is 6.33. The van der Waals surface area contributed by atoms with E-state index in [0.717, 1.165) is 32.2 Å². The van der Waals surface area contributed by atoms with Gasteiger partial charge in [0.05, 0.1) is 6.54 Å². The fourth-order valence-electron chi connectivity index (χ4n) is 5.19. The lowest BCUT2D eigenvalue weighted by atomic mass is 9.87. The molecule has 2 N–H and O–H groups in total. The van der Waals surface area contributed by atoms with Crippen LogP contribution >= 0.6 is 0 Å². The highest BCUT2D eigenvalue weighted by Gasteiger charge is 2.41. The Morgan fingerprint density at radius 1 is 0.962 bits per heavy atom. The number of nitrogens with one attached hydrogen (secondary N) is 2. The summed E-state index contributed by atoms with van der Waals surface area (Å²) in [7, 11) is 0. The van der Waals surface area contributed by atoms with E-state index >= 15 is 0 Å². The first-order chi connectivity index (χ1) is 12.3. The van der Waals surface area contributed by atoms with Crippen LogP contribution in [0.5, 0.6) is 0 Å². The number of hydrogen-bond acceptors (Lipinski definition) is 3. The third kappa shape index (κ3) is 5.21. The minimum absolute atomic E-state index is 0.137. The Hall–Kier alpha value is -1.10. The van der Waals surface area contributed by atoms with Crippen molar-refractivity contribution in [2.24, 2.45) is 11.8 Å². The molecule has 3 fully saturated rings. The minimum Gasteiger partial charge on any atom is -0.356 e. The second kappa shape index (κ2) is 8.28. The van der Waals surface area contributed by atoms with E-state index in [1.54, 1.807) is 0 Å². The normalized spacial score (nSPS) is 30.2. The van der Waals surface area contributed by atoms with E-state index in [0.29, 0.717) is 24.5 Å². The summed E-state index contributed by atoms with van der Waals surface area (Å²) in [6.07, 6.45) is 10.5. The summed E-state index contributed by atoms with van der Waals surface area (Å²) >= 11 is 0. The molecular formula is C21H37N3O2. The summed E-state index contributed by atoms with van der Waals surface area (Å²) in [4.78, 5) is 27.1. The van der Waals surface area contributed by atoms with E-state index in [1.165, 1.54) is 32.1 Å². The smallest absolute Gasteiger partial charge is 0.234 e. The second-order valence-corrected chi connectivity index (χ2v) is 9.77. The van der Waals surface area contributed by atoms with Crippen LogP contribution in [0.2, 0.25) is 0 Å². The number of fused-ring (bicyclic) bond motifs is 2. The molecular weight excluding hydrogens is 326 g/mol. The zero-order chi connectivity index (χ0) is 18.7. The maximum Gasteiger partial charge on any atom is 0.234 e. The Kier molecular flexibility index (Phi) is 6.26. The molecule has 0 aromatic carbocycles. The molecule has 2 amide bonds. The molecule has 1 unspecified atom stereocenters. The second-order valence-electron chi connectivity index (χ2n) is 9.77. The standard InChI is InChI=1S/C21H37N3O2/c1-21(2,3)23-19(25)14-24-17-9-10-18(24)12-15(11-17)13-22-20(26)16-7-5-4-6-8-16/h15-18H,4-14H2,1-3H3,(H,22,26)(H,23,25)/t15?,17-,18+. The molecule has 3 atom stereocenters. The summed E-state index contributed by atoms with van der Waals surface area (Å²) < 4.78 is 0. The number of nitrogens with zero attached hydrogens (tertiary/aromatic N) is 1. The van der Waals surface area contributed by atoms with Crippen LogP contribution in [0.3, 0.4) is 0 Å². The van der Waals surface area contributed by atoms with Gasteiger partial charge in [0.15, 0.2) is 0 Å². The van der Waals surface area contributed by atoms with Crippen molar-refractivity contribution < 1.29 is 9.59 Å². The predicted octanol–water partition coefficient (Wildman–Crippen LogP) is 2.84. The van der Waals surface area contributed by atoms with Crippen LogP contribution in [0, 0.1) is 11.8 Å². The lowest BCUT2D eigenvalue weighted by Gasteiger charge is -2.39. The summed E-state index contributed by atoms with van der Waals surface area (Å²) in [6, 6.07) is 1.02. The molecule has 1 saturated carbocycles. The molecule has 3 aliphatic rings. The molecule has 0 radical (unpaired) electrons. The molecule has 5 heteroatoms. The Morgan fingerprint density at radius 3 is 2.15 bits per heavy atom. The SMILES string of the molecule is CC(C)(C)NC(=O)CN1[C@@H]2CC[C@H]1CC(CNC(=O)C1CCCCC1)C2. The van der Waals surface area contributed by atoms with Gasteiger partial charge in [0, 0.05) is 30.1 Å². The van der Waals surface area contributed by atoms with Crippen molar-refractivity contribution >= 4 is 11.8 Å². The maximum atomic E-state index is 12.4. The van der Waals surface area contributed by atoms with Crippen LogP contribution in [-0.2, 0) is 9.59 Å². The number of carbonyl (C=O) groups is 2. The number of hydrogen-bond donors (Lipinski definition) is 2. The van der Waals surface area contributed by atoms with E-state index < -0.39 is 0 Å².